The largest absolute Gasteiger partial charge is 0.345 e. The molecule has 1 rings (SSSR count). The summed E-state index contributed by atoms with van der Waals surface area (Å²) >= 11 is 0. The van der Waals surface area contributed by atoms with E-state index in [4.69, 9.17) is 6.42 Å². The molecule has 78 valence electrons. The van der Waals surface area contributed by atoms with Gasteiger partial charge in [0.05, 0.1) is 6.54 Å². The summed E-state index contributed by atoms with van der Waals surface area (Å²) in [7, 11) is 0. The topological polar surface area (TPSA) is 29.1 Å². The predicted octanol–water partition coefficient (Wildman–Crippen LogP) is 2.10. The van der Waals surface area contributed by atoms with Crippen molar-refractivity contribution >= 4 is 5.91 Å². The second kappa shape index (κ2) is 6.48. The highest BCUT2D eigenvalue weighted by Crippen LogP contribution is 2.25. The summed E-state index contributed by atoms with van der Waals surface area (Å²) in [6, 6.07) is 0. The van der Waals surface area contributed by atoms with Crippen LogP contribution in [0.3, 0.4) is 0 Å². The molecule has 14 heavy (non-hydrogen) atoms. The lowest BCUT2D eigenvalue weighted by Gasteiger charge is -2.12. The molecule has 0 heterocycles. The molecule has 1 amide bonds. The zero-order valence-corrected chi connectivity index (χ0v) is 8.72. The summed E-state index contributed by atoms with van der Waals surface area (Å²) in [6.45, 7) is 0.367. The standard InChI is InChI=1S/C12H19NO/c1-2-9-13-12(14)10-11-7-5-3-4-6-8-11/h1,11H,3-10H2,(H,13,14). The van der Waals surface area contributed by atoms with Crippen molar-refractivity contribution in [2.24, 2.45) is 5.92 Å². The third-order valence-electron chi connectivity index (χ3n) is 2.84. The van der Waals surface area contributed by atoms with Gasteiger partial charge in [0.25, 0.3) is 0 Å². The van der Waals surface area contributed by atoms with E-state index in [1.54, 1.807) is 0 Å². The molecule has 1 aliphatic rings. The van der Waals surface area contributed by atoms with E-state index >= 15 is 0 Å². The van der Waals surface area contributed by atoms with E-state index in [2.05, 4.69) is 11.2 Å². The Kier molecular flexibility index (Phi) is 5.14. The lowest BCUT2D eigenvalue weighted by molar-refractivity contribution is -0.121. The Balaban J connectivity index is 2.21. The molecule has 0 unspecified atom stereocenters. The molecule has 2 heteroatoms. The predicted molar refractivity (Wildman–Crippen MR) is 57.7 cm³/mol. The van der Waals surface area contributed by atoms with Gasteiger partial charge in [-0.15, -0.1) is 6.42 Å². The summed E-state index contributed by atoms with van der Waals surface area (Å²) in [6.07, 6.45) is 13.4. The number of rotatable bonds is 3. The molecule has 1 fully saturated rings. The van der Waals surface area contributed by atoms with Gasteiger partial charge >= 0.3 is 0 Å². The van der Waals surface area contributed by atoms with E-state index in [0.29, 0.717) is 18.9 Å². The van der Waals surface area contributed by atoms with E-state index in [1.165, 1.54) is 38.5 Å². The zero-order chi connectivity index (χ0) is 10.2. The first kappa shape index (κ1) is 11.1. The molecule has 2 nitrogen and oxygen atoms in total. The fourth-order valence-corrected chi connectivity index (χ4v) is 2.05. The van der Waals surface area contributed by atoms with Crippen LogP contribution < -0.4 is 5.32 Å². The van der Waals surface area contributed by atoms with Crippen molar-refractivity contribution in [2.75, 3.05) is 6.54 Å². The van der Waals surface area contributed by atoms with Crippen LogP contribution in [0.1, 0.15) is 44.9 Å². The highest BCUT2D eigenvalue weighted by molar-refractivity contribution is 5.76. The summed E-state index contributed by atoms with van der Waals surface area (Å²) in [5.74, 6) is 3.13. The second-order valence-corrected chi connectivity index (χ2v) is 4.04. The monoisotopic (exact) mass is 193 g/mol. The minimum absolute atomic E-state index is 0.120. The maximum atomic E-state index is 11.4. The molecule has 1 saturated carbocycles. The van der Waals surface area contributed by atoms with Crippen LogP contribution in [0.2, 0.25) is 0 Å². The fourth-order valence-electron chi connectivity index (χ4n) is 2.05. The summed E-state index contributed by atoms with van der Waals surface area (Å²) in [5, 5.41) is 2.72. The second-order valence-electron chi connectivity index (χ2n) is 4.04. The molecule has 0 aromatic heterocycles. The van der Waals surface area contributed by atoms with Crippen LogP contribution in [0.4, 0.5) is 0 Å². The molecule has 0 aromatic rings. The molecular formula is C12H19NO. The summed E-state index contributed by atoms with van der Waals surface area (Å²) in [4.78, 5) is 11.4. The highest BCUT2D eigenvalue weighted by Gasteiger charge is 2.15. The summed E-state index contributed by atoms with van der Waals surface area (Å²) in [5.41, 5.74) is 0. The minimum atomic E-state index is 0.120. The Hall–Kier alpha value is -0.970. The number of hydrogen-bond donors (Lipinski definition) is 1. The third-order valence-corrected chi connectivity index (χ3v) is 2.84. The van der Waals surface area contributed by atoms with Crippen molar-refractivity contribution in [3.63, 3.8) is 0 Å². The van der Waals surface area contributed by atoms with Gasteiger partial charge in [-0.3, -0.25) is 4.79 Å². The Bertz CT molecular complexity index is 209. The van der Waals surface area contributed by atoms with E-state index in [-0.39, 0.29) is 5.91 Å². The maximum absolute atomic E-state index is 11.4. The van der Waals surface area contributed by atoms with Crippen molar-refractivity contribution < 1.29 is 4.79 Å². The van der Waals surface area contributed by atoms with Gasteiger partial charge in [-0.05, 0) is 18.8 Å². The quantitative estimate of drug-likeness (QED) is 0.539. The Labute approximate surface area is 86.5 Å². The van der Waals surface area contributed by atoms with Crippen LogP contribution in [-0.4, -0.2) is 12.5 Å². The van der Waals surface area contributed by atoms with Crippen molar-refractivity contribution in [1.82, 2.24) is 5.32 Å². The lowest BCUT2D eigenvalue weighted by Crippen LogP contribution is -2.25. The Morgan fingerprint density at radius 1 is 1.29 bits per heavy atom. The average molecular weight is 193 g/mol. The van der Waals surface area contributed by atoms with E-state index < -0.39 is 0 Å². The number of nitrogens with one attached hydrogen (secondary N) is 1. The lowest BCUT2D eigenvalue weighted by atomic mass is 9.96. The van der Waals surface area contributed by atoms with Gasteiger partial charge in [-0.2, -0.15) is 0 Å². The van der Waals surface area contributed by atoms with Crippen molar-refractivity contribution in [2.45, 2.75) is 44.9 Å². The first-order valence-corrected chi connectivity index (χ1v) is 5.53. The molecule has 0 bridgehead atoms. The molecule has 0 saturated heterocycles. The van der Waals surface area contributed by atoms with Gasteiger partial charge < -0.3 is 5.32 Å². The Morgan fingerprint density at radius 2 is 1.93 bits per heavy atom. The Morgan fingerprint density at radius 3 is 2.50 bits per heavy atom. The molecule has 0 aliphatic heterocycles. The van der Waals surface area contributed by atoms with Gasteiger partial charge in [0, 0.05) is 6.42 Å². The first-order valence-electron chi connectivity index (χ1n) is 5.53. The summed E-state index contributed by atoms with van der Waals surface area (Å²) < 4.78 is 0. The van der Waals surface area contributed by atoms with Gasteiger partial charge in [-0.1, -0.05) is 31.6 Å². The molecule has 0 aromatic carbocycles. The van der Waals surface area contributed by atoms with Gasteiger partial charge in [0.15, 0.2) is 0 Å². The van der Waals surface area contributed by atoms with Crippen molar-refractivity contribution in [1.29, 1.82) is 0 Å². The normalized spacial score (nSPS) is 18.2. The highest BCUT2D eigenvalue weighted by atomic mass is 16.1. The van der Waals surface area contributed by atoms with Crippen LogP contribution in [0.25, 0.3) is 0 Å². The van der Waals surface area contributed by atoms with Crippen LogP contribution in [0.5, 0.6) is 0 Å². The fraction of sp³-hybridized carbons (Fsp3) is 0.750. The molecule has 0 atom stereocenters. The number of hydrogen-bond acceptors (Lipinski definition) is 1. The van der Waals surface area contributed by atoms with E-state index in [9.17, 15) is 4.79 Å². The zero-order valence-electron chi connectivity index (χ0n) is 8.72. The molecule has 1 N–H and O–H groups in total. The SMILES string of the molecule is C#CCNC(=O)CC1CCCCCC1. The van der Waals surface area contributed by atoms with Crippen LogP contribution in [0, 0.1) is 18.3 Å². The molecular weight excluding hydrogens is 174 g/mol. The first-order chi connectivity index (χ1) is 6.83. The van der Waals surface area contributed by atoms with E-state index in [1.807, 2.05) is 0 Å². The van der Waals surface area contributed by atoms with E-state index in [0.717, 1.165) is 0 Å². The average Bonchev–Trinajstić information content (AvgIpc) is 2.43. The van der Waals surface area contributed by atoms with Crippen molar-refractivity contribution in [3.05, 3.63) is 0 Å². The van der Waals surface area contributed by atoms with Crippen LogP contribution in [0.15, 0.2) is 0 Å². The maximum Gasteiger partial charge on any atom is 0.221 e. The van der Waals surface area contributed by atoms with Gasteiger partial charge in [-0.25, -0.2) is 0 Å². The molecule has 0 spiro atoms. The molecule has 1 aliphatic carbocycles. The number of amides is 1. The van der Waals surface area contributed by atoms with Gasteiger partial charge in [0.1, 0.15) is 0 Å². The number of carbonyl (C=O) groups excluding carboxylic acids is 1. The smallest absolute Gasteiger partial charge is 0.221 e. The van der Waals surface area contributed by atoms with Crippen LogP contribution in [-0.2, 0) is 4.79 Å². The van der Waals surface area contributed by atoms with Gasteiger partial charge in [0.2, 0.25) is 5.91 Å². The molecule has 0 radical (unpaired) electrons. The number of carbonyl (C=O) groups is 1. The number of terminal acetylenes is 1. The third kappa shape index (κ3) is 4.32. The van der Waals surface area contributed by atoms with Crippen LogP contribution >= 0.6 is 0 Å². The minimum Gasteiger partial charge on any atom is -0.345 e. The van der Waals surface area contributed by atoms with Crippen molar-refractivity contribution in [3.8, 4) is 12.3 Å².